The predicted molar refractivity (Wildman–Crippen MR) is 99.4 cm³/mol. The average Bonchev–Trinajstić information content (AvgIpc) is 2.45. The first kappa shape index (κ1) is 20.0. The summed E-state index contributed by atoms with van der Waals surface area (Å²) in [4.78, 5) is 0. The smallest absolute Gasteiger partial charge is 0.00706 e. The van der Waals surface area contributed by atoms with Crippen molar-refractivity contribution >= 4 is 0 Å². The van der Waals surface area contributed by atoms with Gasteiger partial charge in [-0.1, -0.05) is 27.7 Å². The van der Waals surface area contributed by atoms with E-state index in [4.69, 9.17) is 0 Å². The second-order valence-electron chi connectivity index (χ2n) is 8.63. The van der Waals surface area contributed by atoms with Crippen LogP contribution in [0.4, 0.5) is 0 Å². The van der Waals surface area contributed by atoms with Crippen LogP contribution in [0, 0.1) is 11.8 Å². The van der Waals surface area contributed by atoms with Crippen LogP contribution in [0.2, 0.25) is 0 Å². The molecule has 22 heavy (non-hydrogen) atoms. The van der Waals surface area contributed by atoms with E-state index in [-0.39, 0.29) is 0 Å². The minimum atomic E-state index is 0.682. The van der Waals surface area contributed by atoms with Crippen molar-refractivity contribution in [2.75, 3.05) is 0 Å². The van der Waals surface area contributed by atoms with E-state index in [1.54, 1.807) is 0 Å². The number of nitrogens with one attached hydrogen (secondary N) is 2. The fourth-order valence-corrected chi connectivity index (χ4v) is 3.56. The fourth-order valence-electron chi connectivity index (χ4n) is 3.56. The maximum absolute atomic E-state index is 3.86. The van der Waals surface area contributed by atoms with E-state index in [2.05, 4.69) is 52.2 Å². The van der Waals surface area contributed by atoms with E-state index in [1.807, 2.05) is 0 Å². The summed E-state index contributed by atoms with van der Waals surface area (Å²) in [5, 5.41) is 7.72. The molecule has 0 amide bonds. The molecule has 0 bridgehead atoms. The van der Waals surface area contributed by atoms with Crippen molar-refractivity contribution in [1.29, 1.82) is 0 Å². The third-order valence-corrected chi connectivity index (χ3v) is 5.12. The summed E-state index contributed by atoms with van der Waals surface area (Å²) in [6.07, 6.45) is 10.7. The number of hydrogen-bond acceptors (Lipinski definition) is 2. The predicted octanol–water partition coefficient (Wildman–Crippen LogP) is 5.13. The molecular weight excluding hydrogens is 268 g/mol. The fraction of sp³-hybridized carbons (Fsp3) is 1.00. The highest BCUT2D eigenvalue weighted by molar-refractivity contribution is 4.84. The van der Waals surface area contributed by atoms with Gasteiger partial charge in [-0.25, -0.2) is 0 Å². The molecule has 1 rings (SSSR count). The molecule has 1 aliphatic rings. The molecule has 0 radical (unpaired) electrons. The van der Waals surface area contributed by atoms with Crippen molar-refractivity contribution in [2.24, 2.45) is 11.8 Å². The zero-order valence-corrected chi connectivity index (χ0v) is 16.1. The van der Waals surface area contributed by atoms with Gasteiger partial charge in [-0.15, -0.1) is 0 Å². The topological polar surface area (TPSA) is 24.1 Å². The van der Waals surface area contributed by atoms with Crippen LogP contribution in [0.5, 0.6) is 0 Å². The molecule has 0 aliphatic heterocycles. The Morgan fingerprint density at radius 3 is 1.18 bits per heavy atom. The third-order valence-electron chi connectivity index (χ3n) is 5.12. The van der Waals surface area contributed by atoms with Crippen molar-refractivity contribution in [3.05, 3.63) is 0 Å². The first-order chi connectivity index (χ1) is 10.4. The molecule has 0 aromatic rings. The van der Waals surface area contributed by atoms with E-state index >= 15 is 0 Å². The van der Waals surface area contributed by atoms with Gasteiger partial charge in [0.15, 0.2) is 0 Å². The minimum absolute atomic E-state index is 0.682. The van der Waals surface area contributed by atoms with Crippen molar-refractivity contribution in [3.63, 3.8) is 0 Å². The molecule has 2 atom stereocenters. The Balaban J connectivity index is 2.14. The molecule has 0 heterocycles. The van der Waals surface area contributed by atoms with Gasteiger partial charge in [-0.3, -0.25) is 0 Å². The van der Waals surface area contributed by atoms with Gasteiger partial charge in [0.05, 0.1) is 0 Å². The minimum Gasteiger partial charge on any atom is -0.312 e. The van der Waals surface area contributed by atoms with Crippen LogP contribution in [-0.2, 0) is 0 Å². The van der Waals surface area contributed by atoms with Gasteiger partial charge >= 0.3 is 0 Å². The van der Waals surface area contributed by atoms with Crippen LogP contribution in [0.1, 0.15) is 92.9 Å². The summed E-state index contributed by atoms with van der Waals surface area (Å²) < 4.78 is 0. The van der Waals surface area contributed by atoms with Crippen molar-refractivity contribution in [3.8, 4) is 0 Å². The van der Waals surface area contributed by atoms with Crippen LogP contribution in [-0.4, -0.2) is 24.2 Å². The Morgan fingerprint density at radius 2 is 0.909 bits per heavy atom. The molecule has 2 N–H and O–H groups in total. The lowest BCUT2D eigenvalue weighted by Gasteiger charge is -2.33. The van der Waals surface area contributed by atoms with Crippen LogP contribution in [0.3, 0.4) is 0 Å². The Morgan fingerprint density at radius 1 is 0.591 bits per heavy atom. The van der Waals surface area contributed by atoms with Gasteiger partial charge in [-0.2, -0.15) is 0 Å². The quantitative estimate of drug-likeness (QED) is 0.585. The van der Waals surface area contributed by atoms with Crippen molar-refractivity contribution < 1.29 is 0 Å². The van der Waals surface area contributed by atoms with Gasteiger partial charge in [0.25, 0.3) is 0 Å². The molecular formula is C20H42N2. The largest absolute Gasteiger partial charge is 0.312 e. The normalized spacial score (nSPS) is 25.6. The summed E-state index contributed by atoms with van der Waals surface area (Å²) in [5.74, 6) is 1.66. The summed E-state index contributed by atoms with van der Waals surface area (Å²) >= 11 is 0. The van der Waals surface area contributed by atoms with Crippen molar-refractivity contribution in [1.82, 2.24) is 10.6 Å². The second-order valence-corrected chi connectivity index (χ2v) is 8.63. The SMILES string of the molecule is CC(C)CCC(C)NC1CCC(NC(C)CCC(C)C)CC1. The Kier molecular flexibility index (Phi) is 9.66. The Labute approximate surface area is 140 Å². The summed E-state index contributed by atoms with van der Waals surface area (Å²) in [6, 6.07) is 2.88. The zero-order valence-electron chi connectivity index (χ0n) is 16.1. The first-order valence-electron chi connectivity index (χ1n) is 9.88. The van der Waals surface area contributed by atoms with Gasteiger partial charge < -0.3 is 10.6 Å². The van der Waals surface area contributed by atoms with Crippen LogP contribution in [0.25, 0.3) is 0 Å². The van der Waals surface area contributed by atoms with E-state index in [0.29, 0.717) is 12.1 Å². The molecule has 0 spiro atoms. The third kappa shape index (κ3) is 9.15. The molecule has 0 aromatic heterocycles. The van der Waals surface area contributed by atoms with Crippen LogP contribution in [0.15, 0.2) is 0 Å². The molecule has 1 fully saturated rings. The molecule has 2 heteroatoms. The molecule has 0 saturated heterocycles. The van der Waals surface area contributed by atoms with E-state index in [0.717, 1.165) is 23.9 Å². The molecule has 1 aliphatic carbocycles. The lowest BCUT2D eigenvalue weighted by molar-refractivity contribution is 0.267. The molecule has 2 nitrogen and oxygen atoms in total. The highest BCUT2D eigenvalue weighted by atomic mass is 15.0. The Bertz CT molecular complexity index is 239. The highest BCUT2D eigenvalue weighted by Gasteiger charge is 2.23. The average molecular weight is 311 g/mol. The van der Waals surface area contributed by atoms with E-state index in [9.17, 15) is 0 Å². The summed E-state index contributed by atoms with van der Waals surface area (Å²) in [6.45, 7) is 14.0. The van der Waals surface area contributed by atoms with Crippen LogP contribution < -0.4 is 10.6 Å². The van der Waals surface area contributed by atoms with E-state index < -0.39 is 0 Å². The van der Waals surface area contributed by atoms with Gasteiger partial charge in [0.1, 0.15) is 0 Å². The van der Waals surface area contributed by atoms with Gasteiger partial charge in [0.2, 0.25) is 0 Å². The number of rotatable bonds is 10. The maximum Gasteiger partial charge on any atom is 0.00706 e. The summed E-state index contributed by atoms with van der Waals surface area (Å²) in [7, 11) is 0. The van der Waals surface area contributed by atoms with Crippen molar-refractivity contribution in [2.45, 2.75) is 117 Å². The Hall–Kier alpha value is -0.0800. The lowest BCUT2D eigenvalue weighted by Crippen LogP contribution is -2.45. The lowest BCUT2D eigenvalue weighted by atomic mass is 9.89. The first-order valence-corrected chi connectivity index (χ1v) is 9.88. The van der Waals surface area contributed by atoms with E-state index in [1.165, 1.54) is 51.4 Å². The second kappa shape index (κ2) is 10.6. The number of hydrogen-bond donors (Lipinski definition) is 2. The molecule has 1 saturated carbocycles. The standard InChI is InChI=1S/C20H42N2/c1-15(2)7-9-17(5)21-19-11-13-20(14-12-19)22-18(6)10-8-16(3)4/h15-22H,7-14H2,1-6H3. The highest BCUT2D eigenvalue weighted by Crippen LogP contribution is 2.21. The van der Waals surface area contributed by atoms with Gasteiger partial charge in [0, 0.05) is 24.2 Å². The molecule has 2 unspecified atom stereocenters. The zero-order chi connectivity index (χ0) is 16.5. The monoisotopic (exact) mass is 310 g/mol. The maximum atomic E-state index is 3.86. The van der Waals surface area contributed by atoms with Gasteiger partial charge in [-0.05, 0) is 77.0 Å². The molecule has 0 aromatic carbocycles. The van der Waals surface area contributed by atoms with Crippen LogP contribution >= 0.6 is 0 Å². The summed E-state index contributed by atoms with van der Waals surface area (Å²) in [5.41, 5.74) is 0. The molecule has 132 valence electrons.